The van der Waals surface area contributed by atoms with Crippen LogP contribution in [0, 0.1) is 117 Å². The van der Waals surface area contributed by atoms with Gasteiger partial charge in [-0.15, -0.1) is 24.0 Å². The van der Waals surface area contributed by atoms with Gasteiger partial charge in [-0.05, 0) is 265 Å². The summed E-state index contributed by atoms with van der Waals surface area (Å²) in [5, 5.41) is 22.1. The third-order valence-corrected chi connectivity index (χ3v) is 36.5. The Bertz CT molecular complexity index is 3620. The van der Waals surface area contributed by atoms with E-state index in [4.69, 9.17) is 0 Å². The van der Waals surface area contributed by atoms with Gasteiger partial charge in [0.1, 0.15) is 12.9 Å². The van der Waals surface area contributed by atoms with Crippen LogP contribution in [0.4, 0.5) is 0 Å². The van der Waals surface area contributed by atoms with Gasteiger partial charge in [-0.2, -0.15) is 36.4 Å². The number of nitrogens with zero attached hydrogens (tertiary/aromatic N) is 1. The van der Waals surface area contributed by atoms with E-state index in [2.05, 4.69) is 232 Å². The summed E-state index contributed by atoms with van der Waals surface area (Å²) in [5.41, 5.74) is 12.4. The molecule has 130 heavy (non-hydrogen) atoms. The number of fused-ring (bicyclic) bond motifs is 3. The first-order valence-corrected chi connectivity index (χ1v) is 60.8. The molecule has 9 fully saturated rings. The van der Waals surface area contributed by atoms with Crippen molar-refractivity contribution in [2.45, 2.75) is 395 Å². The number of quaternary nitrogens is 1. The molecule has 0 aliphatic heterocycles. The summed E-state index contributed by atoms with van der Waals surface area (Å²) in [6.45, 7) is 65.8. The Kier molecular flexibility index (Phi) is 59.2. The summed E-state index contributed by atoms with van der Waals surface area (Å²) in [6, 6.07) is 32.4. The van der Waals surface area contributed by atoms with Crippen molar-refractivity contribution >= 4 is 84.7 Å². The number of carbonyl (C=O) groups excluding carboxylic acids is 1. The average Bonchev–Trinajstić information content (AvgIpc) is 1.61. The van der Waals surface area contributed by atoms with Crippen molar-refractivity contribution in [1.29, 1.82) is 0 Å². The minimum Gasteiger partial charge on any atom is -1.00 e. The van der Waals surface area contributed by atoms with Gasteiger partial charge < -0.3 is 24.0 Å². The van der Waals surface area contributed by atoms with E-state index >= 15 is 0 Å². The minimum absolute atomic E-state index is 0. The van der Waals surface area contributed by atoms with Crippen LogP contribution in [-0.2, 0) is 9.36 Å². The van der Waals surface area contributed by atoms with Crippen LogP contribution >= 0.6 is 68.4 Å². The fourth-order valence-corrected chi connectivity index (χ4v) is 28.2. The van der Waals surface area contributed by atoms with Crippen molar-refractivity contribution in [3.8, 4) is 0 Å². The zero-order chi connectivity index (χ0) is 93.5. The van der Waals surface area contributed by atoms with Crippen LogP contribution in [0.5, 0.6) is 0 Å². The van der Waals surface area contributed by atoms with Crippen LogP contribution in [-0.4, -0.2) is 65.0 Å². The molecule has 9 aliphatic rings. The third kappa shape index (κ3) is 37.3. The number of Topliss-reactive ketones (excluding diaryl/α,β-unsaturated/α-hetero) is 1. The molecular weight excluding hydrogens is 1940 g/mol. The second kappa shape index (κ2) is 63.0. The molecule has 9 aliphatic carbocycles. The number of allylic oxidation sites excluding steroid dienone is 11. The van der Waals surface area contributed by atoms with Gasteiger partial charge in [0.2, 0.25) is 0 Å². The van der Waals surface area contributed by atoms with Crippen LogP contribution < -0.4 is 34.2 Å². The average molecular weight is 2140 g/mol. The second-order valence-corrected chi connectivity index (χ2v) is 47.4. The first kappa shape index (κ1) is 122. The molecule has 0 amide bonds. The zero-order valence-corrected chi connectivity index (χ0v) is 94.7. The molecule has 18 atom stereocenters. The summed E-state index contributed by atoms with van der Waals surface area (Å²) in [4.78, 5) is 12.2. The number of benzene rings is 3. The Balaban J connectivity index is 0.000000412. The van der Waals surface area contributed by atoms with Gasteiger partial charge in [0.25, 0.3) is 0 Å². The number of carbonyl (C=O) groups is 1. The SMILES string of the molecule is C=C1[C@H](C)CC(=C/C=C2\CCC[C@]3(C)[C@@H]([C@@H](C)CCCC(C)C)CC[C@@H]23)C[C@H]1C.C=C1[C@H](C)CC(=CCP(=O)(c2ccccc2)c2ccccc2)C[C@H]1C.C=C1[C@H](O)CC(=C/C=C2\CCC[C@]3(C)[C@@H]([C@@H](C)CCCC(C)C)CC[C@@H]23)C[C@H]1O.CC(C)CCC[C@H](C)[C@H]1CC[C@H]2C(=O)CCC[C@]12C.CCCC[N+](CCCC)(CCCC)CCCC.I.II.[F-].[Li+].[c-]1ccccc1. The summed E-state index contributed by atoms with van der Waals surface area (Å²) in [7, 11) is -2.64. The molecule has 0 bridgehead atoms. The molecule has 12 rings (SSSR count). The van der Waals surface area contributed by atoms with E-state index in [1.54, 1.807) is 16.7 Å². The van der Waals surface area contributed by atoms with Gasteiger partial charge in [-0.1, -0.05) is 372 Å². The quantitative estimate of drug-likeness (QED) is 0.0159. The van der Waals surface area contributed by atoms with Gasteiger partial charge in [0.05, 0.1) is 38.4 Å². The molecule has 0 radical (unpaired) electrons. The smallest absolute Gasteiger partial charge is 1.00 e. The van der Waals surface area contributed by atoms with Crippen molar-refractivity contribution in [3.05, 3.63) is 192 Å². The molecule has 0 spiro atoms. The monoisotopic (exact) mass is 2140 g/mol. The molecule has 2 N–H and O–H groups in total. The van der Waals surface area contributed by atoms with Gasteiger partial charge in [0.15, 0.2) is 0 Å². The van der Waals surface area contributed by atoms with E-state index in [9.17, 15) is 19.6 Å². The number of aliphatic hydroxyl groups excluding tert-OH is 2. The molecule has 732 valence electrons. The van der Waals surface area contributed by atoms with Crippen LogP contribution in [0.15, 0.2) is 186 Å². The van der Waals surface area contributed by atoms with Gasteiger partial charge in [0, 0.05) is 66.3 Å². The molecule has 9 saturated carbocycles. The fourth-order valence-electron chi connectivity index (χ4n) is 25.6. The van der Waals surface area contributed by atoms with E-state index < -0.39 is 19.3 Å². The van der Waals surface area contributed by atoms with Crippen LogP contribution in [0.25, 0.3) is 0 Å². The van der Waals surface area contributed by atoms with Crippen molar-refractivity contribution in [2.24, 2.45) is 111 Å². The molecule has 0 saturated heterocycles. The number of hydrogen-bond donors (Lipinski definition) is 2. The molecule has 11 heteroatoms. The van der Waals surface area contributed by atoms with Crippen LogP contribution in [0.2, 0.25) is 0 Å². The Labute approximate surface area is 854 Å². The number of unbranched alkanes of at least 4 members (excludes halogenated alkanes) is 4. The number of ketones is 1. The zero-order valence-electron chi connectivity index (χ0n) is 87.1. The van der Waals surface area contributed by atoms with E-state index in [-0.39, 0.29) is 47.5 Å². The third-order valence-electron chi connectivity index (χ3n) is 33.6. The van der Waals surface area contributed by atoms with Crippen molar-refractivity contribution in [1.82, 2.24) is 0 Å². The number of rotatable bonds is 33. The molecule has 0 unspecified atom stereocenters. The van der Waals surface area contributed by atoms with E-state index in [1.165, 1.54) is 253 Å². The Hall–Kier alpha value is -1.92. The Morgan fingerprint density at radius 2 is 0.762 bits per heavy atom. The first-order chi connectivity index (χ1) is 60.6. The normalized spacial score (nSPS) is 28.3. The minimum atomic E-state index is -2.64. The van der Waals surface area contributed by atoms with E-state index in [0.29, 0.717) is 76.2 Å². The molecule has 3 aromatic carbocycles. The first-order valence-electron chi connectivity index (χ1n) is 52.6. The van der Waals surface area contributed by atoms with Crippen LogP contribution in [0.1, 0.15) is 382 Å². The van der Waals surface area contributed by atoms with Gasteiger partial charge in [-0.25, -0.2) is 0 Å². The number of hydrogen-bond acceptors (Lipinski definition) is 4. The maximum Gasteiger partial charge on any atom is 1.00 e. The second-order valence-electron chi connectivity index (χ2n) is 44.6. The Morgan fingerprint density at radius 1 is 0.446 bits per heavy atom. The summed E-state index contributed by atoms with van der Waals surface area (Å²) in [6.07, 6.45) is 60.2. The molecule has 0 aromatic heterocycles. The molecule has 0 heterocycles. The van der Waals surface area contributed by atoms with Crippen LogP contribution in [0.3, 0.4) is 0 Å². The van der Waals surface area contributed by atoms with Crippen molar-refractivity contribution < 1.29 is 47.6 Å². The topological polar surface area (TPSA) is 74.6 Å². The summed E-state index contributed by atoms with van der Waals surface area (Å²) >= 11 is 4.24. The Morgan fingerprint density at radius 3 is 1.08 bits per heavy atom. The maximum absolute atomic E-state index is 14.0. The van der Waals surface area contributed by atoms with E-state index in [0.717, 1.165) is 107 Å². The summed E-state index contributed by atoms with van der Waals surface area (Å²) in [5.74, 6) is 12.5. The summed E-state index contributed by atoms with van der Waals surface area (Å²) < 4.78 is 15.4. The predicted octanol–water partition coefficient (Wildman–Crippen LogP) is 29.4. The van der Waals surface area contributed by atoms with E-state index in [1.807, 2.05) is 91.0 Å². The molecule has 5 nitrogen and oxygen atoms in total. The largest absolute Gasteiger partial charge is 1.00 e. The number of halogens is 4. The number of aliphatic hydroxyl groups is 2. The van der Waals surface area contributed by atoms with Gasteiger partial charge in [-0.3, -0.25) is 4.79 Å². The molecule has 3 aromatic rings. The van der Waals surface area contributed by atoms with Gasteiger partial charge >= 0.3 is 18.9 Å². The molecular formula is C119H193FI3LiNO4P. The van der Waals surface area contributed by atoms with Crippen molar-refractivity contribution in [2.75, 3.05) is 32.3 Å². The fraction of sp³-hybridized carbons (Fsp3) is 0.706. The standard InChI is InChI=1S/C29H48.C27H44O2.C23H27OP.C18H32O.C16H36N.C6H5.FH.I2.HI.Li/c1-20(2)10-8-11-21(3)27-15-16-28-26(12-9-17-29(27,28)7)14-13-25-18-22(4)24(6)23(5)19-25;1-18(2)8-6-9-19(3)23-13-14-24-22(10-7-15-27(23,24)5)12-11-21-16-25(28)20(4)26(29)17-21;1-18-16-21(17-19(2)20(18)3)14-15-25(24,22-10-6-4-7-11-22)23-12-8-5-9-13-23;1-13(2)7-5-8-14(3)15-10-11-16-17(19)9-6-12-18(15,16)4;1-5-9-13-17(14-10-6-2,15-11-7-3)16-12-8-4;1-2-4-6-5-3-1;;1-2;;/h13-14,20-23,27-28H,6,8-12,15-19H2,1-5,7H3;11-12,18-19,23-26,28-29H,4,6-10,13-17H2,1-3,5H3;4-14,18-19H,3,15-17H2,1-2H3;13-16H,5-12H2,1-4H3;5-16H2,1-4H3;1-5H;1H;;1H;/q;;;;+1;-1;;;;+1/p-1/b26-14+;22-12+;;;;;;;;/t21-,22+,23+,27+,28-,29+;19-,23+,24-,25+,26+,27+;18-,19-;14-,15+,16-,18+;;;;;;/m0010....../s1. The predicted molar refractivity (Wildman–Crippen MR) is 590 cm³/mol. The van der Waals surface area contributed by atoms with Crippen molar-refractivity contribution in [3.63, 3.8) is 0 Å². The maximum atomic E-state index is 14.0.